The molecule has 0 heterocycles. The van der Waals surface area contributed by atoms with Gasteiger partial charge in [0.1, 0.15) is 0 Å². The van der Waals surface area contributed by atoms with Gasteiger partial charge >= 0.3 is 7.60 Å². The summed E-state index contributed by atoms with van der Waals surface area (Å²) in [4.78, 5) is 20.6. The molecule has 0 bridgehead atoms. The van der Waals surface area contributed by atoms with Gasteiger partial charge in [0.05, 0.1) is 0 Å². The minimum atomic E-state index is -4.00. The van der Waals surface area contributed by atoms with E-state index in [1.54, 1.807) is 0 Å². The fourth-order valence-corrected chi connectivity index (χ4v) is 4.07. The number of carbonyl (C=O) groups excluding carboxylic acids is 1. The van der Waals surface area contributed by atoms with E-state index in [2.05, 4.69) is 11.4 Å². The summed E-state index contributed by atoms with van der Waals surface area (Å²) in [6.07, 6.45) is 23.5. The molecule has 0 saturated heterocycles. The first-order valence-corrected chi connectivity index (χ1v) is 13.0. The second-order valence-electron chi connectivity index (χ2n) is 7.86. The van der Waals surface area contributed by atoms with E-state index in [0.717, 1.165) is 20.0 Å². The van der Waals surface area contributed by atoms with E-state index in [4.69, 9.17) is 0 Å². The maximum atomic E-state index is 11.4. The SMILES string of the molecule is CCCCCCCCCCCCCCCCCCCCC(=O)P(=O)(O)OC. The quantitative estimate of drug-likeness (QED) is 0.157. The molecule has 1 atom stereocenters. The molecule has 162 valence electrons. The van der Waals surface area contributed by atoms with E-state index >= 15 is 0 Å². The molecule has 0 spiro atoms. The summed E-state index contributed by atoms with van der Waals surface area (Å²) in [7, 11) is -2.89. The highest BCUT2D eigenvalue weighted by Gasteiger charge is 2.27. The van der Waals surface area contributed by atoms with Crippen molar-refractivity contribution in [3.63, 3.8) is 0 Å². The molecule has 0 aromatic carbocycles. The average molecular weight is 405 g/mol. The zero-order valence-corrected chi connectivity index (χ0v) is 18.9. The molecule has 0 fully saturated rings. The minimum absolute atomic E-state index is 0.153. The van der Waals surface area contributed by atoms with Crippen LogP contribution in [-0.4, -0.2) is 17.5 Å². The summed E-state index contributed by atoms with van der Waals surface area (Å²) in [5, 5.41) is 0. The molecule has 0 aromatic rings. The first-order valence-electron chi connectivity index (χ1n) is 11.5. The lowest BCUT2D eigenvalue weighted by molar-refractivity contribution is -0.113. The van der Waals surface area contributed by atoms with Crippen LogP contribution in [0.1, 0.15) is 129 Å². The predicted octanol–water partition coefficient (Wildman–Crippen LogP) is 7.78. The Labute approximate surface area is 168 Å². The molecule has 0 aliphatic heterocycles. The summed E-state index contributed by atoms with van der Waals surface area (Å²) < 4.78 is 15.6. The zero-order valence-electron chi connectivity index (χ0n) is 18.1. The van der Waals surface area contributed by atoms with Gasteiger partial charge in [-0.2, -0.15) is 0 Å². The van der Waals surface area contributed by atoms with Crippen molar-refractivity contribution in [1.82, 2.24) is 0 Å². The van der Waals surface area contributed by atoms with Crippen LogP contribution in [0.2, 0.25) is 0 Å². The van der Waals surface area contributed by atoms with Crippen molar-refractivity contribution in [2.24, 2.45) is 0 Å². The van der Waals surface area contributed by atoms with Crippen LogP contribution in [0.5, 0.6) is 0 Å². The molecule has 0 aliphatic carbocycles. The predicted molar refractivity (Wildman–Crippen MR) is 115 cm³/mol. The summed E-state index contributed by atoms with van der Waals surface area (Å²) in [5.74, 6) is 0. The Morgan fingerprint density at radius 2 is 0.963 bits per heavy atom. The van der Waals surface area contributed by atoms with Gasteiger partial charge in [-0.3, -0.25) is 9.36 Å². The van der Waals surface area contributed by atoms with Gasteiger partial charge in [-0.05, 0) is 6.42 Å². The van der Waals surface area contributed by atoms with Crippen LogP contribution in [-0.2, 0) is 13.9 Å². The lowest BCUT2D eigenvalue weighted by atomic mass is 10.0. The topological polar surface area (TPSA) is 63.6 Å². The average Bonchev–Trinajstić information content (AvgIpc) is 2.66. The van der Waals surface area contributed by atoms with Crippen molar-refractivity contribution < 1.29 is 18.8 Å². The standard InChI is InChI=1S/C22H45O4P/c1-3-4-5-6-7-8-9-10-11-12-13-14-15-16-17-18-19-20-21-22(23)27(24,25)26-2/h3-21H2,1-2H3,(H,24,25). The van der Waals surface area contributed by atoms with Gasteiger partial charge in [-0.25, -0.2) is 0 Å². The van der Waals surface area contributed by atoms with E-state index in [0.29, 0.717) is 6.42 Å². The maximum absolute atomic E-state index is 11.4. The van der Waals surface area contributed by atoms with Crippen LogP contribution in [0, 0.1) is 0 Å². The second-order valence-corrected chi connectivity index (χ2v) is 9.76. The highest BCUT2D eigenvalue weighted by molar-refractivity contribution is 7.70. The molecule has 0 radical (unpaired) electrons. The molecule has 1 N–H and O–H groups in total. The van der Waals surface area contributed by atoms with Crippen molar-refractivity contribution in [1.29, 1.82) is 0 Å². The Bertz CT molecular complexity index is 385. The van der Waals surface area contributed by atoms with E-state index in [9.17, 15) is 14.3 Å². The Morgan fingerprint density at radius 1 is 0.667 bits per heavy atom. The molecule has 0 aliphatic rings. The molecule has 0 rings (SSSR count). The van der Waals surface area contributed by atoms with Gasteiger partial charge in [0.2, 0.25) is 5.52 Å². The fourth-order valence-electron chi connectivity index (χ4n) is 3.42. The smallest absolute Gasteiger partial charge is 0.319 e. The Hall–Kier alpha value is -0.180. The van der Waals surface area contributed by atoms with Gasteiger partial charge in [0, 0.05) is 13.5 Å². The molecule has 5 heteroatoms. The number of hydrogen-bond donors (Lipinski definition) is 1. The summed E-state index contributed by atoms with van der Waals surface area (Å²) in [6, 6.07) is 0. The van der Waals surface area contributed by atoms with Gasteiger partial charge < -0.3 is 9.42 Å². The van der Waals surface area contributed by atoms with E-state index in [1.807, 2.05) is 0 Å². The molecule has 0 aromatic heterocycles. The van der Waals surface area contributed by atoms with Crippen molar-refractivity contribution in [3.8, 4) is 0 Å². The summed E-state index contributed by atoms with van der Waals surface area (Å²) >= 11 is 0. The molecule has 0 saturated carbocycles. The van der Waals surface area contributed by atoms with Crippen LogP contribution in [0.15, 0.2) is 0 Å². The third kappa shape index (κ3) is 17.6. The largest absolute Gasteiger partial charge is 0.393 e. The fraction of sp³-hybridized carbons (Fsp3) is 0.955. The first-order chi connectivity index (χ1) is 13.0. The number of unbranched alkanes of at least 4 members (excludes halogenated alkanes) is 17. The normalized spacial score (nSPS) is 13.6. The van der Waals surface area contributed by atoms with Gasteiger partial charge in [0.25, 0.3) is 0 Å². The lowest BCUT2D eigenvalue weighted by Gasteiger charge is -2.07. The van der Waals surface area contributed by atoms with Crippen LogP contribution in [0.25, 0.3) is 0 Å². The van der Waals surface area contributed by atoms with Gasteiger partial charge in [-0.15, -0.1) is 0 Å². The molecule has 27 heavy (non-hydrogen) atoms. The third-order valence-electron chi connectivity index (χ3n) is 5.31. The Morgan fingerprint density at radius 3 is 1.26 bits per heavy atom. The van der Waals surface area contributed by atoms with Crippen molar-refractivity contribution in [2.75, 3.05) is 7.11 Å². The van der Waals surface area contributed by atoms with Crippen LogP contribution in [0.3, 0.4) is 0 Å². The highest BCUT2D eigenvalue weighted by Crippen LogP contribution is 2.43. The van der Waals surface area contributed by atoms with E-state index in [-0.39, 0.29) is 6.42 Å². The Kier molecular flexibility index (Phi) is 19.0. The monoisotopic (exact) mass is 404 g/mol. The highest BCUT2D eigenvalue weighted by atomic mass is 31.2. The molecule has 0 amide bonds. The molecular weight excluding hydrogens is 359 g/mol. The van der Waals surface area contributed by atoms with Crippen molar-refractivity contribution in [2.45, 2.75) is 129 Å². The van der Waals surface area contributed by atoms with Crippen LogP contribution >= 0.6 is 7.60 Å². The van der Waals surface area contributed by atoms with Crippen molar-refractivity contribution >= 4 is 13.1 Å². The molecule has 4 nitrogen and oxygen atoms in total. The van der Waals surface area contributed by atoms with Gasteiger partial charge in [-0.1, -0.05) is 116 Å². The third-order valence-corrected chi connectivity index (χ3v) is 6.66. The Balaban J connectivity index is 3.17. The van der Waals surface area contributed by atoms with Crippen LogP contribution in [0.4, 0.5) is 0 Å². The van der Waals surface area contributed by atoms with Crippen LogP contribution < -0.4 is 0 Å². The summed E-state index contributed by atoms with van der Waals surface area (Å²) in [5.41, 5.74) is -0.651. The second kappa shape index (κ2) is 19.2. The van der Waals surface area contributed by atoms with Crippen molar-refractivity contribution in [3.05, 3.63) is 0 Å². The number of carbonyl (C=O) groups is 1. The molecular formula is C22H45O4P. The number of rotatable bonds is 21. The first kappa shape index (κ1) is 26.8. The zero-order chi connectivity index (χ0) is 20.2. The molecule has 1 unspecified atom stereocenters. The number of hydrogen-bond acceptors (Lipinski definition) is 3. The summed E-state index contributed by atoms with van der Waals surface area (Å²) in [6.45, 7) is 2.27. The van der Waals surface area contributed by atoms with Gasteiger partial charge in [0.15, 0.2) is 0 Å². The minimum Gasteiger partial charge on any atom is -0.319 e. The van der Waals surface area contributed by atoms with E-state index < -0.39 is 13.1 Å². The van der Waals surface area contributed by atoms with E-state index in [1.165, 1.54) is 96.3 Å². The lowest BCUT2D eigenvalue weighted by Crippen LogP contribution is -2.00. The maximum Gasteiger partial charge on any atom is 0.393 e.